The van der Waals surface area contributed by atoms with Crippen molar-refractivity contribution in [2.75, 3.05) is 39.9 Å². The SMILES string of the molecule is COCCN1CC[C@@H](CNS(=O)(=O)c2cc(C)cs2)C1. The van der Waals surface area contributed by atoms with Crippen molar-refractivity contribution in [1.29, 1.82) is 0 Å². The smallest absolute Gasteiger partial charge is 0.250 e. The Bertz CT molecular complexity index is 527. The molecule has 0 amide bonds. The zero-order chi connectivity index (χ0) is 14.6. The third-order valence-corrected chi connectivity index (χ3v) is 6.50. The van der Waals surface area contributed by atoms with E-state index in [0.29, 0.717) is 16.7 Å². The van der Waals surface area contributed by atoms with Crippen molar-refractivity contribution in [3.8, 4) is 0 Å². The summed E-state index contributed by atoms with van der Waals surface area (Å²) in [5, 5.41) is 1.86. The van der Waals surface area contributed by atoms with Crippen LogP contribution in [0.1, 0.15) is 12.0 Å². The fourth-order valence-corrected chi connectivity index (χ4v) is 4.74. The summed E-state index contributed by atoms with van der Waals surface area (Å²) >= 11 is 1.27. The lowest BCUT2D eigenvalue weighted by atomic mass is 10.1. The number of aryl methyl sites for hydroxylation is 1. The molecule has 0 spiro atoms. The number of thiophene rings is 1. The fourth-order valence-electron chi connectivity index (χ4n) is 2.35. The number of ether oxygens (including phenoxy) is 1. The van der Waals surface area contributed by atoms with Crippen LogP contribution in [0.5, 0.6) is 0 Å². The molecule has 1 aliphatic heterocycles. The van der Waals surface area contributed by atoms with Crippen molar-refractivity contribution in [2.24, 2.45) is 5.92 Å². The quantitative estimate of drug-likeness (QED) is 0.823. The summed E-state index contributed by atoms with van der Waals surface area (Å²) in [7, 11) is -1.64. The second-order valence-corrected chi connectivity index (χ2v) is 8.15. The van der Waals surface area contributed by atoms with Gasteiger partial charge in [-0.3, -0.25) is 0 Å². The van der Waals surface area contributed by atoms with Gasteiger partial charge in [-0.2, -0.15) is 0 Å². The van der Waals surface area contributed by atoms with E-state index < -0.39 is 10.0 Å². The third kappa shape index (κ3) is 4.26. The van der Waals surface area contributed by atoms with Gasteiger partial charge in [0.25, 0.3) is 0 Å². The Kier molecular flexibility index (Phi) is 5.57. The molecule has 1 aliphatic rings. The molecule has 2 rings (SSSR count). The maximum Gasteiger partial charge on any atom is 0.250 e. The van der Waals surface area contributed by atoms with Crippen molar-refractivity contribution in [3.63, 3.8) is 0 Å². The molecule has 20 heavy (non-hydrogen) atoms. The molecule has 0 aromatic carbocycles. The first-order chi connectivity index (χ1) is 9.51. The van der Waals surface area contributed by atoms with E-state index in [1.165, 1.54) is 11.3 Å². The molecule has 1 N–H and O–H groups in total. The van der Waals surface area contributed by atoms with Gasteiger partial charge in [-0.25, -0.2) is 13.1 Å². The van der Waals surface area contributed by atoms with E-state index in [0.717, 1.165) is 38.2 Å². The Morgan fingerprint density at radius 1 is 1.55 bits per heavy atom. The molecule has 0 saturated carbocycles. The van der Waals surface area contributed by atoms with E-state index in [1.54, 1.807) is 13.2 Å². The third-order valence-electron chi connectivity index (χ3n) is 3.51. The van der Waals surface area contributed by atoms with Crippen molar-refractivity contribution in [3.05, 3.63) is 17.0 Å². The van der Waals surface area contributed by atoms with Crippen LogP contribution in [-0.4, -0.2) is 53.2 Å². The average molecular weight is 318 g/mol. The largest absolute Gasteiger partial charge is 0.383 e. The van der Waals surface area contributed by atoms with Gasteiger partial charge < -0.3 is 9.64 Å². The van der Waals surface area contributed by atoms with Crippen molar-refractivity contribution >= 4 is 21.4 Å². The van der Waals surface area contributed by atoms with Gasteiger partial charge in [0, 0.05) is 26.7 Å². The number of nitrogens with zero attached hydrogens (tertiary/aromatic N) is 1. The van der Waals surface area contributed by atoms with Gasteiger partial charge in [0.15, 0.2) is 0 Å². The van der Waals surface area contributed by atoms with E-state index >= 15 is 0 Å². The van der Waals surface area contributed by atoms with Crippen LogP contribution < -0.4 is 4.72 Å². The normalized spacial score (nSPS) is 20.6. The van der Waals surface area contributed by atoms with E-state index in [2.05, 4.69) is 9.62 Å². The molecular weight excluding hydrogens is 296 g/mol. The van der Waals surface area contributed by atoms with Crippen LogP contribution in [0.3, 0.4) is 0 Å². The molecule has 5 nitrogen and oxygen atoms in total. The summed E-state index contributed by atoms with van der Waals surface area (Å²) in [6, 6.07) is 1.71. The van der Waals surface area contributed by atoms with Gasteiger partial charge >= 0.3 is 0 Å². The minimum absolute atomic E-state index is 0.391. The van der Waals surface area contributed by atoms with E-state index in [-0.39, 0.29) is 0 Å². The molecule has 0 unspecified atom stereocenters. The van der Waals surface area contributed by atoms with E-state index in [9.17, 15) is 8.42 Å². The highest BCUT2D eigenvalue weighted by Crippen LogP contribution is 2.20. The number of hydrogen-bond acceptors (Lipinski definition) is 5. The van der Waals surface area contributed by atoms with Crippen LogP contribution >= 0.6 is 11.3 Å². The van der Waals surface area contributed by atoms with Gasteiger partial charge in [0.1, 0.15) is 4.21 Å². The van der Waals surface area contributed by atoms with Crippen molar-refractivity contribution in [1.82, 2.24) is 9.62 Å². The molecule has 1 aromatic rings. The Morgan fingerprint density at radius 2 is 2.35 bits per heavy atom. The van der Waals surface area contributed by atoms with Crippen LogP contribution in [0.4, 0.5) is 0 Å². The summed E-state index contributed by atoms with van der Waals surface area (Å²) in [4.78, 5) is 2.32. The molecule has 7 heteroatoms. The molecule has 1 fully saturated rings. The van der Waals surface area contributed by atoms with E-state index in [4.69, 9.17) is 4.74 Å². The summed E-state index contributed by atoms with van der Waals surface area (Å²) in [6.45, 7) is 6.03. The number of hydrogen-bond donors (Lipinski definition) is 1. The molecule has 0 aliphatic carbocycles. The lowest BCUT2D eigenvalue weighted by Crippen LogP contribution is -2.31. The lowest BCUT2D eigenvalue weighted by molar-refractivity contribution is 0.159. The molecule has 1 saturated heterocycles. The number of rotatable bonds is 7. The van der Waals surface area contributed by atoms with Crippen LogP contribution in [0.2, 0.25) is 0 Å². The van der Waals surface area contributed by atoms with Crippen LogP contribution in [0.15, 0.2) is 15.7 Å². The Labute approximate surface area is 125 Å². The molecule has 0 radical (unpaired) electrons. The standard InChI is InChI=1S/C13H22N2O3S2/c1-11-7-13(19-10-11)20(16,17)14-8-12-3-4-15(9-12)5-6-18-2/h7,10,12,14H,3-6,8-9H2,1-2H3/t12-/m0/s1. The lowest BCUT2D eigenvalue weighted by Gasteiger charge is -2.15. The number of methoxy groups -OCH3 is 1. The Hall–Kier alpha value is -0.470. The second kappa shape index (κ2) is 7.00. The van der Waals surface area contributed by atoms with Gasteiger partial charge in [0.05, 0.1) is 6.61 Å². The Morgan fingerprint density at radius 3 is 3.00 bits per heavy atom. The van der Waals surface area contributed by atoms with Gasteiger partial charge in [0.2, 0.25) is 10.0 Å². The maximum atomic E-state index is 12.1. The number of sulfonamides is 1. The first-order valence-corrected chi connectivity index (χ1v) is 9.13. The maximum absolute atomic E-state index is 12.1. The van der Waals surface area contributed by atoms with Gasteiger partial charge in [-0.15, -0.1) is 11.3 Å². The number of likely N-dealkylation sites (tertiary alicyclic amines) is 1. The summed E-state index contributed by atoms with van der Waals surface area (Å²) in [6.07, 6.45) is 1.04. The Balaban J connectivity index is 1.81. The van der Waals surface area contributed by atoms with Crippen LogP contribution in [0.25, 0.3) is 0 Å². The highest BCUT2D eigenvalue weighted by molar-refractivity contribution is 7.91. The summed E-state index contributed by atoms with van der Waals surface area (Å²) in [5.41, 5.74) is 0.988. The predicted octanol–water partition coefficient (Wildman–Crippen LogP) is 1.30. The van der Waals surface area contributed by atoms with Crippen LogP contribution in [-0.2, 0) is 14.8 Å². The highest BCUT2D eigenvalue weighted by Gasteiger charge is 2.24. The average Bonchev–Trinajstić information content (AvgIpc) is 3.03. The highest BCUT2D eigenvalue weighted by atomic mass is 32.2. The zero-order valence-electron chi connectivity index (χ0n) is 12.0. The first-order valence-electron chi connectivity index (χ1n) is 6.77. The first kappa shape index (κ1) is 15.9. The van der Waals surface area contributed by atoms with Crippen molar-refractivity contribution < 1.29 is 13.2 Å². The summed E-state index contributed by atoms with van der Waals surface area (Å²) < 4.78 is 32.4. The minimum atomic E-state index is -3.34. The molecule has 1 atom stereocenters. The van der Waals surface area contributed by atoms with Gasteiger partial charge in [-0.05, 0) is 42.8 Å². The molecule has 114 valence electrons. The summed E-state index contributed by atoms with van der Waals surface area (Å²) in [5.74, 6) is 0.391. The molecule has 1 aromatic heterocycles. The van der Waals surface area contributed by atoms with Crippen molar-refractivity contribution in [2.45, 2.75) is 17.6 Å². The molecular formula is C13H22N2O3S2. The second-order valence-electron chi connectivity index (χ2n) is 5.24. The molecule has 2 heterocycles. The van der Waals surface area contributed by atoms with Crippen LogP contribution in [0, 0.1) is 12.8 Å². The minimum Gasteiger partial charge on any atom is -0.383 e. The van der Waals surface area contributed by atoms with Gasteiger partial charge in [-0.1, -0.05) is 0 Å². The fraction of sp³-hybridized carbons (Fsp3) is 0.692. The monoisotopic (exact) mass is 318 g/mol. The topological polar surface area (TPSA) is 58.6 Å². The van der Waals surface area contributed by atoms with E-state index in [1.807, 2.05) is 12.3 Å². The number of nitrogens with one attached hydrogen (secondary N) is 1. The predicted molar refractivity (Wildman–Crippen MR) is 80.7 cm³/mol. The zero-order valence-corrected chi connectivity index (χ0v) is 13.6. The molecule has 0 bridgehead atoms.